The van der Waals surface area contributed by atoms with Crippen LogP contribution < -0.4 is 4.74 Å². The monoisotopic (exact) mass is 713 g/mol. The molecule has 3 aromatic heterocycles. The molecule has 0 N–H and O–H groups in total. The topological polar surface area (TPSA) is 39.4 Å². The second kappa shape index (κ2) is 14.0. The highest BCUT2D eigenvalue weighted by Gasteiger charge is 2.39. The zero-order chi connectivity index (χ0) is 37.5. The van der Waals surface area contributed by atoms with Crippen LogP contribution in [-0.2, 0) is 5.41 Å². The van der Waals surface area contributed by atoms with Crippen molar-refractivity contribution >= 4 is 27.3 Å². The summed E-state index contributed by atoms with van der Waals surface area (Å²) in [7, 11) is 0. The summed E-state index contributed by atoms with van der Waals surface area (Å²) in [4.78, 5) is 9.76. The van der Waals surface area contributed by atoms with Gasteiger partial charge in [-0.1, -0.05) is 155 Å². The minimum atomic E-state index is -0.701. The van der Waals surface area contributed by atoms with Gasteiger partial charge in [-0.05, 0) is 80.9 Å². The number of aromatic nitrogens is 3. The zero-order valence-corrected chi connectivity index (χ0v) is 31.6. The van der Waals surface area contributed by atoms with Crippen LogP contribution in [0.25, 0.3) is 38.6 Å². The van der Waals surface area contributed by atoms with Gasteiger partial charge >= 0.3 is 0 Å². The molecule has 6 aromatic carbocycles. The first-order valence-electron chi connectivity index (χ1n) is 19.2. The van der Waals surface area contributed by atoms with Gasteiger partial charge in [0.2, 0.25) is 5.88 Å². The lowest BCUT2D eigenvalue weighted by Gasteiger charge is -2.37. The van der Waals surface area contributed by atoms with Crippen molar-refractivity contribution in [1.82, 2.24) is 14.4 Å². The summed E-state index contributed by atoms with van der Waals surface area (Å²) >= 11 is 0. The summed E-state index contributed by atoms with van der Waals surface area (Å²) in [6.07, 6.45) is 3.85. The third-order valence-electron chi connectivity index (χ3n) is 11.1. The third-order valence-corrected chi connectivity index (χ3v) is 11.1. The Bertz CT molecular complexity index is 2720. The van der Waals surface area contributed by atoms with E-state index in [4.69, 9.17) is 9.72 Å². The molecule has 0 bridgehead atoms. The van der Waals surface area contributed by atoms with Gasteiger partial charge in [0.15, 0.2) is 0 Å². The first kappa shape index (κ1) is 34.3. The minimum absolute atomic E-state index is 0.354. The summed E-state index contributed by atoms with van der Waals surface area (Å²) in [5.74, 6) is 1.99. The molecule has 4 heteroatoms. The molecule has 9 rings (SSSR count). The van der Waals surface area contributed by atoms with Gasteiger partial charge in [0, 0.05) is 28.6 Å². The van der Waals surface area contributed by atoms with E-state index in [1.165, 1.54) is 27.5 Å². The number of hydrogen-bond donors (Lipinski definition) is 0. The molecule has 0 saturated heterocycles. The van der Waals surface area contributed by atoms with E-state index in [0.29, 0.717) is 17.7 Å². The maximum Gasteiger partial charge on any atom is 0.219 e. The SMILES string of the molecule is CC(C)c1cccc(C(C)C)c1-c1cnc2c3cc(C(c4ccccc4)(c4ccccc4)c4cccc(Oc5ccccn5)c4)ccc3c3ccccc3n12. The molecule has 55 heavy (non-hydrogen) atoms. The minimum Gasteiger partial charge on any atom is -0.439 e. The average molecular weight is 714 g/mol. The molecular weight excluding hydrogens is 671 g/mol. The van der Waals surface area contributed by atoms with Crippen molar-refractivity contribution in [1.29, 1.82) is 0 Å². The fourth-order valence-corrected chi connectivity index (χ4v) is 8.60. The van der Waals surface area contributed by atoms with E-state index < -0.39 is 5.41 Å². The highest BCUT2D eigenvalue weighted by molar-refractivity contribution is 6.12. The Hall–Kier alpha value is -6.52. The van der Waals surface area contributed by atoms with E-state index in [2.05, 4.69) is 183 Å². The van der Waals surface area contributed by atoms with Crippen LogP contribution in [0.15, 0.2) is 176 Å². The smallest absolute Gasteiger partial charge is 0.219 e. The summed E-state index contributed by atoms with van der Waals surface area (Å²) in [6, 6.07) is 58.4. The van der Waals surface area contributed by atoms with Gasteiger partial charge < -0.3 is 4.74 Å². The number of nitrogens with zero attached hydrogens (tertiary/aromatic N) is 3. The van der Waals surface area contributed by atoms with E-state index in [1.807, 2.05) is 24.3 Å². The first-order valence-corrected chi connectivity index (χ1v) is 19.2. The van der Waals surface area contributed by atoms with E-state index in [-0.39, 0.29) is 0 Å². The molecule has 0 aliphatic heterocycles. The van der Waals surface area contributed by atoms with Crippen molar-refractivity contribution in [2.24, 2.45) is 0 Å². The lowest BCUT2D eigenvalue weighted by atomic mass is 9.65. The Morgan fingerprint density at radius 3 is 1.80 bits per heavy atom. The Balaban J connectivity index is 1.37. The molecule has 0 saturated carbocycles. The van der Waals surface area contributed by atoms with Crippen LogP contribution in [0.4, 0.5) is 0 Å². The summed E-state index contributed by atoms with van der Waals surface area (Å²) in [5, 5.41) is 3.47. The number of para-hydroxylation sites is 1. The molecule has 0 unspecified atom stereocenters. The van der Waals surface area contributed by atoms with E-state index in [1.54, 1.807) is 6.20 Å². The van der Waals surface area contributed by atoms with Crippen molar-refractivity contribution < 1.29 is 4.74 Å². The summed E-state index contributed by atoms with van der Waals surface area (Å²) in [5.41, 5.74) is 11.0. The van der Waals surface area contributed by atoms with Gasteiger partial charge in [-0.2, -0.15) is 0 Å². The fraction of sp³-hybridized carbons (Fsp3) is 0.137. The van der Waals surface area contributed by atoms with E-state index >= 15 is 0 Å². The highest BCUT2D eigenvalue weighted by atomic mass is 16.5. The number of imidazole rings is 1. The molecule has 0 radical (unpaired) electrons. The molecule has 0 aliphatic rings. The van der Waals surface area contributed by atoms with Crippen LogP contribution >= 0.6 is 0 Å². The van der Waals surface area contributed by atoms with Gasteiger partial charge in [0.1, 0.15) is 11.4 Å². The molecule has 0 aliphatic carbocycles. The van der Waals surface area contributed by atoms with Crippen LogP contribution in [0.3, 0.4) is 0 Å². The number of fused-ring (bicyclic) bond motifs is 6. The number of pyridine rings is 2. The molecular formula is C51H43N3O. The molecule has 9 aromatic rings. The van der Waals surface area contributed by atoms with E-state index in [9.17, 15) is 0 Å². The molecule has 0 amide bonds. The largest absolute Gasteiger partial charge is 0.439 e. The number of ether oxygens (including phenoxy) is 1. The molecule has 0 fully saturated rings. The van der Waals surface area contributed by atoms with Crippen LogP contribution in [0, 0.1) is 0 Å². The first-order chi connectivity index (χ1) is 26.9. The standard InChI is InChI=1S/C51H43N3O/c1-34(2)41-24-16-25-42(35(3)4)49(41)47-33-53-50-45-32-39(28-29-43(45)44-23-11-12-26-46(44)54(47)50)51(36-17-7-5-8-18-36,37-19-9-6-10-20-37)38-21-15-22-40(31-38)55-48-27-13-14-30-52-48/h5-35H,1-4H3. The van der Waals surface area contributed by atoms with Gasteiger partial charge in [0.05, 0.1) is 22.8 Å². The molecule has 4 nitrogen and oxygen atoms in total. The lowest BCUT2D eigenvalue weighted by Crippen LogP contribution is -2.31. The maximum atomic E-state index is 6.37. The number of rotatable bonds is 9. The predicted octanol–water partition coefficient (Wildman–Crippen LogP) is 13.1. The van der Waals surface area contributed by atoms with Gasteiger partial charge in [0.25, 0.3) is 0 Å². The van der Waals surface area contributed by atoms with Crippen molar-refractivity contribution in [3.8, 4) is 22.9 Å². The number of hydrogen-bond acceptors (Lipinski definition) is 3. The molecule has 268 valence electrons. The summed E-state index contributed by atoms with van der Waals surface area (Å²) < 4.78 is 8.78. The normalized spacial score (nSPS) is 12.0. The Kier molecular flexibility index (Phi) is 8.74. The number of benzene rings is 6. The van der Waals surface area contributed by atoms with Crippen LogP contribution in [0.1, 0.15) is 72.9 Å². The molecule has 0 spiro atoms. The van der Waals surface area contributed by atoms with Gasteiger partial charge in [-0.25, -0.2) is 9.97 Å². The zero-order valence-electron chi connectivity index (χ0n) is 31.6. The van der Waals surface area contributed by atoms with Crippen molar-refractivity contribution in [3.63, 3.8) is 0 Å². The molecule has 3 heterocycles. The fourth-order valence-electron chi connectivity index (χ4n) is 8.60. The van der Waals surface area contributed by atoms with Crippen molar-refractivity contribution in [2.45, 2.75) is 44.9 Å². The predicted molar refractivity (Wildman–Crippen MR) is 226 cm³/mol. The van der Waals surface area contributed by atoms with Crippen LogP contribution in [-0.4, -0.2) is 14.4 Å². The summed E-state index contributed by atoms with van der Waals surface area (Å²) in [6.45, 7) is 9.15. The van der Waals surface area contributed by atoms with Crippen LogP contribution in [0.5, 0.6) is 11.6 Å². The Morgan fingerprint density at radius 1 is 0.509 bits per heavy atom. The lowest BCUT2D eigenvalue weighted by molar-refractivity contribution is 0.461. The van der Waals surface area contributed by atoms with Crippen LogP contribution in [0.2, 0.25) is 0 Å². The van der Waals surface area contributed by atoms with Crippen molar-refractivity contribution in [2.75, 3.05) is 0 Å². The second-order valence-electron chi connectivity index (χ2n) is 15.0. The third kappa shape index (κ3) is 5.77. The van der Waals surface area contributed by atoms with Crippen molar-refractivity contribution in [3.05, 3.63) is 210 Å². The Morgan fingerprint density at radius 2 is 1.13 bits per heavy atom. The van der Waals surface area contributed by atoms with Gasteiger partial charge in [-0.15, -0.1) is 0 Å². The second-order valence-corrected chi connectivity index (χ2v) is 15.0. The average Bonchev–Trinajstić information content (AvgIpc) is 3.68. The maximum absolute atomic E-state index is 6.37. The quantitative estimate of drug-likeness (QED) is 0.110. The van der Waals surface area contributed by atoms with E-state index in [0.717, 1.165) is 50.2 Å². The Labute approximate surface area is 322 Å². The van der Waals surface area contributed by atoms with Gasteiger partial charge in [-0.3, -0.25) is 4.40 Å². The highest BCUT2D eigenvalue weighted by Crippen LogP contribution is 2.48. The molecule has 0 atom stereocenters.